The quantitative estimate of drug-likeness (QED) is 0.417. The SMILES string of the molecule is COC(=O)c1ccc(NC(=O)COC(=O)c2ccc3c(c2)C(=O)N(c2cc(C)ccc2C)C3=O)cc1. The van der Waals surface area contributed by atoms with E-state index >= 15 is 0 Å². The van der Waals surface area contributed by atoms with Gasteiger partial charge in [0.05, 0.1) is 35.1 Å². The third-order valence-corrected chi connectivity index (χ3v) is 5.65. The molecule has 0 unspecified atom stereocenters. The second kappa shape index (κ2) is 9.83. The molecule has 182 valence electrons. The summed E-state index contributed by atoms with van der Waals surface area (Å²) in [5.74, 6) is -2.93. The first kappa shape index (κ1) is 24.3. The zero-order valence-electron chi connectivity index (χ0n) is 19.8. The van der Waals surface area contributed by atoms with Crippen LogP contribution in [0.25, 0.3) is 0 Å². The molecule has 3 aromatic carbocycles. The lowest BCUT2D eigenvalue weighted by molar-refractivity contribution is -0.119. The minimum Gasteiger partial charge on any atom is -0.465 e. The van der Waals surface area contributed by atoms with Gasteiger partial charge in [0.2, 0.25) is 0 Å². The van der Waals surface area contributed by atoms with Crippen LogP contribution < -0.4 is 10.2 Å². The molecule has 1 N–H and O–H groups in total. The monoisotopic (exact) mass is 486 g/mol. The van der Waals surface area contributed by atoms with Crippen LogP contribution in [0.3, 0.4) is 0 Å². The molecule has 9 heteroatoms. The highest BCUT2D eigenvalue weighted by Gasteiger charge is 2.38. The van der Waals surface area contributed by atoms with Crippen LogP contribution >= 0.6 is 0 Å². The molecule has 0 saturated heterocycles. The number of carbonyl (C=O) groups is 5. The van der Waals surface area contributed by atoms with Crippen LogP contribution in [0.2, 0.25) is 0 Å². The second-order valence-corrected chi connectivity index (χ2v) is 8.19. The van der Waals surface area contributed by atoms with Gasteiger partial charge in [-0.05, 0) is 73.5 Å². The van der Waals surface area contributed by atoms with E-state index in [2.05, 4.69) is 10.1 Å². The first-order valence-corrected chi connectivity index (χ1v) is 10.9. The van der Waals surface area contributed by atoms with Crippen molar-refractivity contribution in [2.75, 3.05) is 23.9 Å². The van der Waals surface area contributed by atoms with E-state index in [-0.39, 0.29) is 16.7 Å². The molecule has 36 heavy (non-hydrogen) atoms. The molecule has 0 saturated carbocycles. The number of carbonyl (C=O) groups excluding carboxylic acids is 5. The van der Waals surface area contributed by atoms with Crippen molar-refractivity contribution < 1.29 is 33.4 Å². The number of amides is 3. The Balaban J connectivity index is 1.42. The number of hydrogen-bond donors (Lipinski definition) is 1. The van der Waals surface area contributed by atoms with E-state index < -0.39 is 36.3 Å². The van der Waals surface area contributed by atoms with Gasteiger partial charge >= 0.3 is 11.9 Å². The maximum atomic E-state index is 13.1. The van der Waals surface area contributed by atoms with Gasteiger partial charge in [0.1, 0.15) is 0 Å². The fourth-order valence-corrected chi connectivity index (χ4v) is 3.77. The van der Waals surface area contributed by atoms with E-state index in [4.69, 9.17) is 4.74 Å². The zero-order chi connectivity index (χ0) is 26.0. The molecule has 0 aliphatic carbocycles. The molecule has 0 radical (unpaired) electrons. The van der Waals surface area contributed by atoms with Gasteiger partial charge in [0, 0.05) is 5.69 Å². The minimum atomic E-state index is -0.820. The van der Waals surface area contributed by atoms with E-state index in [1.165, 1.54) is 49.6 Å². The van der Waals surface area contributed by atoms with Gasteiger partial charge in [0.25, 0.3) is 17.7 Å². The Morgan fingerprint density at radius 1 is 0.806 bits per heavy atom. The fourth-order valence-electron chi connectivity index (χ4n) is 3.77. The summed E-state index contributed by atoms with van der Waals surface area (Å²) in [6.07, 6.45) is 0. The van der Waals surface area contributed by atoms with Gasteiger partial charge in [-0.3, -0.25) is 14.4 Å². The first-order chi connectivity index (χ1) is 17.2. The van der Waals surface area contributed by atoms with Gasteiger partial charge in [-0.2, -0.15) is 0 Å². The van der Waals surface area contributed by atoms with Crippen molar-refractivity contribution in [1.29, 1.82) is 0 Å². The van der Waals surface area contributed by atoms with Gasteiger partial charge in [-0.25, -0.2) is 14.5 Å². The highest BCUT2D eigenvalue weighted by atomic mass is 16.5. The number of ether oxygens (including phenoxy) is 2. The number of benzene rings is 3. The predicted molar refractivity (Wildman–Crippen MR) is 130 cm³/mol. The van der Waals surface area contributed by atoms with Crippen LogP contribution in [0.4, 0.5) is 11.4 Å². The number of rotatable bonds is 6. The number of methoxy groups -OCH3 is 1. The molecule has 0 spiro atoms. The molecule has 1 aliphatic rings. The molecule has 0 fully saturated rings. The third kappa shape index (κ3) is 4.72. The van der Waals surface area contributed by atoms with Crippen molar-refractivity contribution >= 4 is 41.0 Å². The van der Waals surface area contributed by atoms with Crippen molar-refractivity contribution in [3.63, 3.8) is 0 Å². The molecule has 3 aromatic rings. The summed E-state index contributed by atoms with van der Waals surface area (Å²) in [6, 6.07) is 15.5. The largest absolute Gasteiger partial charge is 0.465 e. The minimum absolute atomic E-state index is 0.0351. The van der Waals surface area contributed by atoms with Gasteiger partial charge in [-0.1, -0.05) is 12.1 Å². The number of nitrogens with zero attached hydrogens (tertiary/aromatic N) is 1. The Labute approximate surface area is 206 Å². The summed E-state index contributed by atoms with van der Waals surface area (Å²) in [5.41, 5.74) is 3.18. The van der Waals surface area contributed by atoms with Crippen LogP contribution in [-0.2, 0) is 14.3 Å². The highest BCUT2D eigenvalue weighted by Crippen LogP contribution is 2.32. The summed E-state index contributed by atoms with van der Waals surface area (Å²) in [5, 5.41) is 2.55. The van der Waals surface area contributed by atoms with E-state index in [9.17, 15) is 24.0 Å². The standard InChI is InChI=1S/C27H22N2O7/c1-15-4-5-16(2)22(12-15)29-24(31)20-11-8-18(13-21(20)25(29)32)27(34)36-14-23(30)28-19-9-6-17(7-10-19)26(33)35-3/h4-13H,14H2,1-3H3,(H,28,30). The van der Waals surface area contributed by atoms with Gasteiger partial charge in [0.15, 0.2) is 6.61 Å². The Morgan fingerprint density at radius 2 is 1.47 bits per heavy atom. The predicted octanol–water partition coefficient (Wildman–Crippen LogP) is 3.69. The van der Waals surface area contributed by atoms with Crippen LogP contribution in [-0.4, -0.2) is 43.4 Å². The number of anilines is 2. The lowest BCUT2D eigenvalue weighted by Crippen LogP contribution is -2.30. The molecule has 4 rings (SSSR count). The Kier molecular flexibility index (Phi) is 6.64. The van der Waals surface area contributed by atoms with Crippen LogP contribution in [0.1, 0.15) is 52.6 Å². The molecule has 0 bridgehead atoms. The normalized spacial score (nSPS) is 12.2. The molecule has 0 atom stereocenters. The van der Waals surface area contributed by atoms with Crippen molar-refractivity contribution in [3.8, 4) is 0 Å². The Bertz CT molecular complexity index is 1410. The molecule has 1 aliphatic heterocycles. The highest BCUT2D eigenvalue weighted by molar-refractivity contribution is 6.35. The van der Waals surface area contributed by atoms with E-state index in [0.29, 0.717) is 16.9 Å². The Hall–Kier alpha value is -4.79. The summed E-state index contributed by atoms with van der Waals surface area (Å²) in [4.78, 5) is 63.3. The van der Waals surface area contributed by atoms with E-state index in [1.807, 2.05) is 19.1 Å². The lowest BCUT2D eigenvalue weighted by Gasteiger charge is -2.17. The van der Waals surface area contributed by atoms with Crippen LogP contribution in [0.5, 0.6) is 0 Å². The number of hydrogen-bond acceptors (Lipinski definition) is 7. The number of aryl methyl sites for hydroxylation is 2. The smallest absolute Gasteiger partial charge is 0.338 e. The maximum absolute atomic E-state index is 13.1. The summed E-state index contributed by atoms with van der Waals surface area (Å²) in [7, 11) is 1.27. The average Bonchev–Trinajstić information content (AvgIpc) is 3.13. The molecular weight excluding hydrogens is 464 g/mol. The van der Waals surface area contributed by atoms with E-state index in [0.717, 1.165) is 16.0 Å². The van der Waals surface area contributed by atoms with Crippen molar-refractivity contribution in [3.05, 3.63) is 94.0 Å². The molecule has 9 nitrogen and oxygen atoms in total. The number of esters is 2. The number of fused-ring (bicyclic) bond motifs is 1. The summed E-state index contributed by atoms with van der Waals surface area (Å²) in [6.45, 7) is 3.10. The van der Waals surface area contributed by atoms with Gasteiger partial charge in [-0.15, -0.1) is 0 Å². The number of imide groups is 1. The second-order valence-electron chi connectivity index (χ2n) is 8.19. The van der Waals surface area contributed by atoms with Crippen LogP contribution in [0.15, 0.2) is 60.7 Å². The summed E-state index contributed by atoms with van der Waals surface area (Å²) < 4.78 is 9.69. The lowest BCUT2D eigenvalue weighted by atomic mass is 10.1. The zero-order valence-corrected chi connectivity index (χ0v) is 19.8. The van der Waals surface area contributed by atoms with Crippen molar-refractivity contribution in [1.82, 2.24) is 0 Å². The number of nitrogens with one attached hydrogen (secondary N) is 1. The summed E-state index contributed by atoms with van der Waals surface area (Å²) >= 11 is 0. The first-order valence-electron chi connectivity index (χ1n) is 10.9. The molecule has 1 heterocycles. The molecular formula is C27H22N2O7. The van der Waals surface area contributed by atoms with Gasteiger partial charge < -0.3 is 14.8 Å². The fraction of sp³-hybridized carbons (Fsp3) is 0.148. The third-order valence-electron chi connectivity index (χ3n) is 5.65. The van der Waals surface area contributed by atoms with Crippen molar-refractivity contribution in [2.24, 2.45) is 0 Å². The average molecular weight is 486 g/mol. The topological polar surface area (TPSA) is 119 Å². The molecule has 3 amide bonds. The molecule has 0 aromatic heterocycles. The Morgan fingerprint density at radius 3 is 2.17 bits per heavy atom. The van der Waals surface area contributed by atoms with Crippen LogP contribution in [0, 0.1) is 13.8 Å². The maximum Gasteiger partial charge on any atom is 0.338 e. The van der Waals surface area contributed by atoms with E-state index in [1.54, 1.807) is 13.0 Å². The van der Waals surface area contributed by atoms with Crippen molar-refractivity contribution in [2.45, 2.75) is 13.8 Å².